The van der Waals surface area contributed by atoms with E-state index < -0.39 is 0 Å². The maximum absolute atomic E-state index is 2.54. The van der Waals surface area contributed by atoms with E-state index in [1.165, 1.54) is 94.3 Å². The summed E-state index contributed by atoms with van der Waals surface area (Å²) in [4.78, 5) is 2.40. The van der Waals surface area contributed by atoms with Crippen LogP contribution in [0.25, 0.3) is 72.0 Å². The van der Waals surface area contributed by atoms with Gasteiger partial charge in [-0.1, -0.05) is 173 Å². The molecule has 10 aromatic rings. The Morgan fingerprint density at radius 3 is 1.52 bits per heavy atom. The van der Waals surface area contributed by atoms with E-state index in [4.69, 9.17) is 0 Å². The quantitative estimate of drug-likeness (QED) is 0.163. The second-order valence-electron chi connectivity index (χ2n) is 18.2. The summed E-state index contributed by atoms with van der Waals surface area (Å²) in [7, 11) is 0. The molecule has 0 aliphatic heterocycles. The number of anilines is 3. The van der Waals surface area contributed by atoms with Crippen molar-refractivity contribution in [3.05, 3.63) is 229 Å². The van der Waals surface area contributed by atoms with Gasteiger partial charge in [-0.05, 0) is 122 Å². The van der Waals surface area contributed by atoms with E-state index in [1.54, 1.807) is 0 Å². The van der Waals surface area contributed by atoms with Crippen LogP contribution in [0.2, 0.25) is 0 Å². The first kappa shape index (κ1) is 36.4. The number of fused-ring (bicyclic) bond motifs is 9. The van der Waals surface area contributed by atoms with Gasteiger partial charge in [0.15, 0.2) is 0 Å². The third-order valence-corrected chi connectivity index (χ3v) is 14.0. The molecule has 0 atom stereocenters. The Balaban J connectivity index is 1.07. The normalized spacial score (nSPS) is 14.1. The molecule has 2 aliphatic carbocycles. The monoisotopic (exact) mass is 794 g/mol. The van der Waals surface area contributed by atoms with Crippen molar-refractivity contribution in [1.29, 1.82) is 0 Å². The van der Waals surface area contributed by atoms with Crippen molar-refractivity contribution < 1.29 is 0 Å². The second kappa shape index (κ2) is 13.5. The van der Waals surface area contributed by atoms with Gasteiger partial charge in [-0.3, -0.25) is 0 Å². The van der Waals surface area contributed by atoms with Crippen LogP contribution in [0, 0.1) is 0 Å². The van der Waals surface area contributed by atoms with Crippen LogP contribution in [-0.4, -0.2) is 4.57 Å². The summed E-state index contributed by atoms with van der Waals surface area (Å²) in [6, 6.07) is 76.3. The van der Waals surface area contributed by atoms with Crippen LogP contribution >= 0.6 is 0 Å². The molecule has 9 aromatic carbocycles. The second-order valence-corrected chi connectivity index (χ2v) is 18.2. The molecule has 2 nitrogen and oxygen atoms in total. The predicted octanol–water partition coefficient (Wildman–Crippen LogP) is 16.2. The van der Waals surface area contributed by atoms with Crippen molar-refractivity contribution in [1.82, 2.24) is 4.57 Å². The first-order valence-corrected chi connectivity index (χ1v) is 21.8. The number of rotatable bonds is 6. The zero-order valence-electron chi connectivity index (χ0n) is 35.5. The van der Waals surface area contributed by atoms with Gasteiger partial charge in [0.05, 0.1) is 16.7 Å². The molecule has 1 heterocycles. The first-order chi connectivity index (χ1) is 30.3. The van der Waals surface area contributed by atoms with E-state index in [2.05, 4.69) is 243 Å². The molecular weight excluding hydrogens is 749 g/mol. The zero-order chi connectivity index (χ0) is 41.7. The Bertz CT molecular complexity index is 3290. The summed E-state index contributed by atoms with van der Waals surface area (Å²) in [5.41, 5.74) is 22.5. The highest BCUT2D eigenvalue weighted by Crippen LogP contribution is 2.57. The third-order valence-electron chi connectivity index (χ3n) is 14.0. The molecule has 0 N–H and O–H groups in total. The van der Waals surface area contributed by atoms with Crippen molar-refractivity contribution in [3.63, 3.8) is 0 Å². The van der Waals surface area contributed by atoms with Crippen molar-refractivity contribution in [2.24, 2.45) is 0 Å². The Morgan fingerprint density at radius 2 is 0.839 bits per heavy atom. The van der Waals surface area contributed by atoms with Crippen LogP contribution < -0.4 is 4.90 Å². The number of hydrogen-bond acceptors (Lipinski definition) is 1. The molecule has 0 bridgehead atoms. The molecule has 2 aliphatic rings. The minimum absolute atomic E-state index is 0.0907. The highest BCUT2D eigenvalue weighted by molar-refractivity contribution is 6.11. The number of hydrogen-bond donors (Lipinski definition) is 0. The maximum atomic E-state index is 2.54. The van der Waals surface area contributed by atoms with Crippen LogP contribution in [0.1, 0.15) is 49.9 Å². The summed E-state index contributed by atoms with van der Waals surface area (Å²) in [6.07, 6.45) is 0. The standard InChI is InChI=1S/C60H46N2/c1-59(2)51-22-13-11-20-46(51)49-37-54-50(38-53(49)59)58-52(60(54,3)4)23-15-25-56(58)62-55-24-14-12-21-47(55)48-35-34-45(36-57(48)62)61(43-30-26-41(27-31-43)39-16-7-5-8-17-39)44-32-28-42(29-33-44)40-18-9-6-10-19-40/h5-38H,1-4H3. The van der Waals surface area contributed by atoms with Crippen LogP contribution in [-0.2, 0) is 10.8 Å². The van der Waals surface area contributed by atoms with Gasteiger partial charge >= 0.3 is 0 Å². The van der Waals surface area contributed by atoms with Crippen LogP contribution in [0.15, 0.2) is 206 Å². The van der Waals surface area contributed by atoms with E-state index in [1.807, 2.05) is 0 Å². The van der Waals surface area contributed by atoms with Crippen LogP contribution in [0.5, 0.6) is 0 Å². The fourth-order valence-corrected chi connectivity index (χ4v) is 10.8. The van der Waals surface area contributed by atoms with Crippen molar-refractivity contribution in [3.8, 4) is 50.2 Å². The lowest BCUT2D eigenvalue weighted by Crippen LogP contribution is -2.17. The van der Waals surface area contributed by atoms with Gasteiger partial charge in [0.2, 0.25) is 0 Å². The van der Waals surface area contributed by atoms with Gasteiger partial charge in [-0.25, -0.2) is 0 Å². The Labute approximate surface area is 364 Å². The lowest BCUT2D eigenvalue weighted by Gasteiger charge is -2.26. The van der Waals surface area contributed by atoms with Crippen LogP contribution in [0.3, 0.4) is 0 Å². The Morgan fingerprint density at radius 1 is 0.339 bits per heavy atom. The fraction of sp³-hybridized carbons (Fsp3) is 0.100. The number of para-hydroxylation sites is 1. The molecule has 0 saturated heterocycles. The molecular formula is C60H46N2. The summed E-state index contributed by atoms with van der Waals surface area (Å²) >= 11 is 0. The molecule has 1 aromatic heterocycles. The molecule has 0 radical (unpaired) electrons. The molecule has 0 fully saturated rings. The van der Waals surface area contributed by atoms with E-state index in [9.17, 15) is 0 Å². The topological polar surface area (TPSA) is 8.17 Å². The average molecular weight is 795 g/mol. The highest BCUT2D eigenvalue weighted by atomic mass is 15.1. The smallest absolute Gasteiger partial charge is 0.0562 e. The molecule has 0 amide bonds. The van der Waals surface area contributed by atoms with Gasteiger partial charge in [0.25, 0.3) is 0 Å². The summed E-state index contributed by atoms with van der Waals surface area (Å²) in [5.74, 6) is 0. The van der Waals surface area contributed by atoms with Gasteiger partial charge < -0.3 is 9.47 Å². The number of benzene rings is 9. The van der Waals surface area contributed by atoms with Crippen molar-refractivity contribution in [2.45, 2.75) is 38.5 Å². The molecule has 0 unspecified atom stereocenters. The number of aromatic nitrogens is 1. The van der Waals surface area contributed by atoms with E-state index in [0.29, 0.717) is 0 Å². The molecule has 0 saturated carbocycles. The summed E-state index contributed by atoms with van der Waals surface area (Å²) < 4.78 is 2.54. The van der Waals surface area contributed by atoms with E-state index in [0.717, 1.165) is 17.1 Å². The van der Waals surface area contributed by atoms with Gasteiger partial charge in [-0.15, -0.1) is 0 Å². The fourth-order valence-electron chi connectivity index (χ4n) is 10.8. The Hall–Kier alpha value is -7.42. The lowest BCUT2D eigenvalue weighted by atomic mass is 9.79. The highest BCUT2D eigenvalue weighted by Gasteiger charge is 2.42. The zero-order valence-corrected chi connectivity index (χ0v) is 35.5. The molecule has 0 spiro atoms. The predicted molar refractivity (Wildman–Crippen MR) is 261 cm³/mol. The SMILES string of the molecule is CC1(C)c2ccccc2-c2cc3c(cc21)-c1c(-n2c4ccccc4c4ccc(N(c5ccc(-c6ccccc6)cc5)c5ccc(-c6ccccc6)cc5)cc42)cccc1C3(C)C. The van der Waals surface area contributed by atoms with Crippen molar-refractivity contribution in [2.75, 3.05) is 4.90 Å². The average Bonchev–Trinajstić information content (AvgIpc) is 3.86. The molecule has 2 heteroatoms. The van der Waals surface area contributed by atoms with Crippen LogP contribution in [0.4, 0.5) is 17.1 Å². The Kier molecular flexibility index (Phi) is 7.96. The van der Waals surface area contributed by atoms with Crippen molar-refractivity contribution >= 4 is 38.9 Å². The summed E-state index contributed by atoms with van der Waals surface area (Å²) in [6.45, 7) is 9.60. The number of nitrogens with zero attached hydrogens (tertiary/aromatic N) is 2. The third kappa shape index (κ3) is 5.36. The van der Waals surface area contributed by atoms with E-state index in [-0.39, 0.29) is 10.8 Å². The summed E-state index contributed by atoms with van der Waals surface area (Å²) in [5, 5.41) is 2.49. The molecule has 296 valence electrons. The van der Waals surface area contributed by atoms with E-state index >= 15 is 0 Å². The minimum Gasteiger partial charge on any atom is -0.310 e. The first-order valence-electron chi connectivity index (χ1n) is 21.8. The van der Waals surface area contributed by atoms with Gasteiger partial charge in [-0.2, -0.15) is 0 Å². The molecule has 62 heavy (non-hydrogen) atoms. The van der Waals surface area contributed by atoms with Gasteiger partial charge in [0.1, 0.15) is 0 Å². The minimum atomic E-state index is -0.171. The maximum Gasteiger partial charge on any atom is 0.0562 e. The van der Waals surface area contributed by atoms with Gasteiger partial charge in [0, 0.05) is 44.2 Å². The lowest BCUT2D eigenvalue weighted by molar-refractivity contribution is 0.652. The largest absolute Gasteiger partial charge is 0.310 e. The molecule has 12 rings (SSSR count).